The van der Waals surface area contributed by atoms with Gasteiger partial charge in [0.2, 0.25) is 0 Å². The summed E-state index contributed by atoms with van der Waals surface area (Å²) in [5.41, 5.74) is 0.386. The number of rotatable bonds is 2. The summed E-state index contributed by atoms with van der Waals surface area (Å²) >= 11 is 0. The largest absolute Gasteiger partial charge is 0.490 e. The highest BCUT2D eigenvalue weighted by Crippen LogP contribution is 2.26. The lowest BCUT2D eigenvalue weighted by atomic mass is 10.2. The highest BCUT2D eigenvalue weighted by molar-refractivity contribution is 5.84. The highest BCUT2D eigenvalue weighted by atomic mass is 19.2. The van der Waals surface area contributed by atoms with Crippen LogP contribution in [-0.2, 0) is 0 Å². The van der Waals surface area contributed by atoms with Crippen LogP contribution in [0, 0.1) is 11.6 Å². The van der Waals surface area contributed by atoms with Crippen LogP contribution in [0.5, 0.6) is 5.75 Å². The lowest BCUT2D eigenvalue weighted by molar-refractivity contribution is 0.245. The number of benzene rings is 1. The molecule has 4 heteroatoms. The van der Waals surface area contributed by atoms with Crippen molar-refractivity contribution in [1.82, 2.24) is 4.98 Å². The van der Waals surface area contributed by atoms with Gasteiger partial charge in [-0.2, -0.15) is 0 Å². The first-order chi connectivity index (χ1) is 7.58. The van der Waals surface area contributed by atoms with E-state index in [-0.39, 0.29) is 6.10 Å². The molecule has 0 atom stereocenters. The van der Waals surface area contributed by atoms with Crippen LogP contribution in [0.4, 0.5) is 8.78 Å². The van der Waals surface area contributed by atoms with Gasteiger partial charge in [-0.25, -0.2) is 8.78 Å². The molecule has 0 aliphatic carbocycles. The van der Waals surface area contributed by atoms with Crippen LogP contribution >= 0.6 is 0 Å². The Morgan fingerprint density at radius 1 is 1.19 bits per heavy atom. The number of hydrogen-bond donors (Lipinski definition) is 0. The first-order valence-electron chi connectivity index (χ1n) is 4.98. The molecule has 1 aromatic heterocycles. The summed E-state index contributed by atoms with van der Waals surface area (Å²) in [4.78, 5) is 3.96. The van der Waals surface area contributed by atoms with Gasteiger partial charge in [0.05, 0.1) is 11.6 Å². The Morgan fingerprint density at radius 3 is 2.56 bits per heavy atom. The summed E-state index contributed by atoms with van der Waals surface area (Å²) < 4.78 is 31.6. The Balaban J connectivity index is 2.62. The van der Waals surface area contributed by atoms with E-state index in [1.54, 1.807) is 6.07 Å². The minimum absolute atomic E-state index is 0.0290. The SMILES string of the molecule is CC(C)Oc1ccnc2cc(F)c(F)cc12. The van der Waals surface area contributed by atoms with Gasteiger partial charge in [-0.3, -0.25) is 4.98 Å². The van der Waals surface area contributed by atoms with Crippen LogP contribution in [0.25, 0.3) is 10.9 Å². The van der Waals surface area contributed by atoms with E-state index in [1.807, 2.05) is 13.8 Å². The summed E-state index contributed by atoms with van der Waals surface area (Å²) in [7, 11) is 0. The van der Waals surface area contributed by atoms with Crippen LogP contribution in [0.1, 0.15) is 13.8 Å². The molecular weight excluding hydrogens is 212 g/mol. The van der Waals surface area contributed by atoms with Gasteiger partial charge >= 0.3 is 0 Å². The summed E-state index contributed by atoms with van der Waals surface area (Å²) in [6, 6.07) is 3.81. The smallest absolute Gasteiger partial charge is 0.161 e. The summed E-state index contributed by atoms with van der Waals surface area (Å²) in [5, 5.41) is 0.482. The van der Waals surface area contributed by atoms with E-state index in [4.69, 9.17) is 4.74 Å². The zero-order valence-electron chi connectivity index (χ0n) is 9.00. The molecule has 0 aliphatic heterocycles. The standard InChI is InChI=1S/C12H11F2NO/c1-7(2)16-12-3-4-15-11-6-10(14)9(13)5-8(11)12/h3-7H,1-2H3. The fourth-order valence-electron chi connectivity index (χ4n) is 1.47. The second kappa shape index (κ2) is 4.04. The molecule has 2 nitrogen and oxygen atoms in total. The molecule has 0 saturated carbocycles. The zero-order chi connectivity index (χ0) is 11.7. The van der Waals surface area contributed by atoms with Crippen molar-refractivity contribution in [1.29, 1.82) is 0 Å². The van der Waals surface area contributed by atoms with Crippen molar-refractivity contribution >= 4 is 10.9 Å². The van der Waals surface area contributed by atoms with E-state index in [2.05, 4.69) is 4.98 Å². The second-order valence-corrected chi connectivity index (χ2v) is 3.76. The minimum atomic E-state index is -0.901. The molecule has 0 spiro atoms. The lowest BCUT2D eigenvalue weighted by Gasteiger charge is -2.11. The molecule has 0 bridgehead atoms. The molecule has 1 aromatic carbocycles. The van der Waals surface area contributed by atoms with Gasteiger partial charge in [0.25, 0.3) is 0 Å². The number of fused-ring (bicyclic) bond motifs is 1. The van der Waals surface area contributed by atoms with Crippen molar-refractivity contribution < 1.29 is 13.5 Å². The van der Waals surface area contributed by atoms with E-state index in [0.29, 0.717) is 16.7 Å². The number of halogens is 2. The number of ether oxygens (including phenoxy) is 1. The van der Waals surface area contributed by atoms with Gasteiger partial charge in [-0.05, 0) is 26.0 Å². The predicted molar refractivity (Wildman–Crippen MR) is 57.4 cm³/mol. The lowest BCUT2D eigenvalue weighted by Crippen LogP contribution is -2.06. The molecular formula is C12H11F2NO. The monoisotopic (exact) mass is 223 g/mol. The highest BCUT2D eigenvalue weighted by Gasteiger charge is 2.09. The molecule has 0 unspecified atom stereocenters. The fourth-order valence-corrected chi connectivity index (χ4v) is 1.47. The molecule has 0 saturated heterocycles. The first-order valence-corrected chi connectivity index (χ1v) is 4.98. The Morgan fingerprint density at radius 2 is 1.88 bits per heavy atom. The number of nitrogens with zero attached hydrogens (tertiary/aromatic N) is 1. The molecule has 0 radical (unpaired) electrons. The molecule has 0 aliphatic rings. The van der Waals surface area contributed by atoms with E-state index in [0.717, 1.165) is 12.1 Å². The molecule has 0 N–H and O–H groups in total. The van der Waals surface area contributed by atoms with Crippen molar-refractivity contribution in [2.75, 3.05) is 0 Å². The van der Waals surface area contributed by atoms with Gasteiger partial charge in [0.15, 0.2) is 11.6 Å². The fraction of sp³-hybridized carbons (Fsp3) is 0.250. The Bertz CT molecular complexity index is 526. The van der Waals surface area contributed by atoms with E-state index < -0.39 is 11.6 Å². The molecule has 0 fully saturated rings. The molecule has 2 aromatic rings. The quantitative estimate of drug-likeness (QED) is 0.779. The van der Waals surface area contributed by atoms with Crippen molar-refractivity contribution in [3.8, 4) is 5.75 Å². The van der Waals surface area contributed by atoms with Gasteiger partial charge in [0, 0.05) is 17.6 Å². The van der Waals surface area contributed by atoms with Crippen molar-refractivity contribution in [3.05, 3.63) is 36.0 Å². The summed E-state index contributed by atoms with van der Waals surface area (Å²) in [6.45, 7) is 3.73. The Kier molecular flexibility index (Phi) is 2.73. The maximum absolute atomic E-state index is 13.1. The maximum Gasteiger partial charge on any atom is 0.161 e. The number of hydrogen-bond acceptors (Lipinski definition) is 2. The molecule has 1 heterocycles. The van der Waals surface area contributed by atoms with Crippen LogP contribution in [0.3, 0.4) is 0 Å². The number of pyridine rings is 1. The second-order valence-electron chi connectivity index (χ2n) is 3.76. The van der Waals surface area contributed by atoms with Crippen LogP contribution in [0.15, 0.2) is 24.4 Å². The third kappa shape index (κ3) is 1.96. The maximum atomic E-state index is 13.1. The molecule has 16 heavy (non-hydrogen) atoms. The Hall–Kier alpha value is -1.71. The van der Waals surface area contributed by atoms with E-state index in [1.165, 1.54) is 6.20 Å². The predicted octanol–water partition coefficient (Wildman–Crippen LogP) is 3.30. The average molecular weight is 223 g/mol. The third-order valence-electron chi connectivity index (χ3n) is 2.11. The van der Waals surface area contributed by atoms with Crippen LogP contribution in [-0.4, -0.2) is 11.1 Å². The first kappa shape index (κ1) is 10.8. The van der Waals surface area contributed by atoms with Crippen molar-refractivity contribution in [2.24, 2.45) is 0 Å². The molecule has 84 valence electrons. The van der Waals surface area contributed by atoms with Gasteiger partial charge < -0.3 is 4.74 Å². The van der Waals surface area contributed by atoms with Crippen molar-refractivity contribution in [3.63, 3.8) is 0 Å². The van der Waals surface area contributed by atoms with Crippen molar-refractivity contribution in [2.45, 2.75) is 20.0 Å². The minimum Gasteiger partial charge on any atom is -0.490 e. The summed E-state index contributed by atoms with van der Waals surface area (Å²) in [6.07, 6.45) is 1.48. The van der Waals surface area contributed by atoms with Crippen LogP contribution < -0.4 is 4.74 Å². The normalized spacial score (nSPS) is 11.1. The zero-order valence-corrected chi connectivity index (χ0v) is 9.00. The third-order valence-corrected chi connectivity index (χ3v) is 2.11. The van der Waals surface area contributed by atoms with Gasteiger partial charge in [-0.1, -0.05) is 0 Å². The average Bonchev–Trinajstić information content (AvgIpc) is 2.20. The summed E-state index contributed by atoms with van der Waals surface area (Å²) in [5.74, 6) is -1.28. The van der Waals surface area contributed by atoms with Gasteiger partial charge in [-0.15, -0.1) is 0 Å². The van der Waals surface area contributed by atoms with Gasteiger partial charge in [0.1, 0.15) is 5.75 Å². The van der Waals surface area contributed by atoms with E-state index >= 15 is 0 Å². The topological polar surface area (TPSA) is 22.1 Å². The Labute approximate surface area is 91.9 Å². The molecule has 0 amide bonds. The number of aromatic nitrogens is 1. The van der Waals surface area contributed by atoms with Crippen LogP contribution in [0.2, 0.25) is 0 Å². The molecule has 2 rings (SSSR count). The van der Waals surface area contributed by atoms with E-state index in [9.17, 15) is 8.78 Å².